The predicted molar refractivity (Wildman–Crippen MR) is 131 cm³/mol. The van der Waals surface area contributed by atoms with E-state index < -0.39 is 13.0 Å². The van der Waals surface area contributed by atoms with Crippen LogP contribution in [0.25, 0.3) is 16.2 Å². The second kappa shape index (κ2) is 9.75. The summed E-state index contributed by atoms with van der Waals surface area (Å²) in [6.45, 7) is 3.54. The maximum Gasteiger partial charge on any atom is 0.241 e. The van der Waals surface area contributed by atoms with E-state index in [0.29, 0.717) is 10.6 Å². The fourth-order valence-corrected chi connectivity index (χ4v) is 6.77. The van der Waals surface area contributed by atoms with Crippen LogP contribution in [0.15, 0.2) is 54.0 Å². The van der Waals surface area contributed by atoms with Crippen molar-refractivity contribution >= 4 is 75.0 Å². The van der Waals surface area contributed by atoms with Crippen molar-refractivity contribution < 1.29 is 13.9 Å². The van der Waals surface area contributed by atoms with Crippen molar-refractivity contribution in [1.82, 2.24) is 5.32 Å². The summed E-state index contributed by atoms with van der Waals surface area (Å²) in [5, 5.41) is 6.04. The molecule has 2 unspecified atom stereocenters. The van der Waals surface area contributed by atoms with Crippen molar-refractivity contribution in [2.45, 2.75) is 12.6 Å². The van der Waals surface area contributed by atoms with Gasteiger partial charge in [-0.25, -0.2) is 0 Å². The van der Waals surface area contributed by atoms with E-state index in [-0.39, 0.29) is 12.5 Å². The molecule has 0 saturated heterocycles. The first-order valence-electron chi connectivity index (χ1n) is 8.92. The Labute approximate surface area is 192 Å². The first-order valence-corrected chi connectivity index (χ1v) is 13.4. The van der Waals surface area contributed by atoms with Crippen LogP contribution in [-0.4, -0.2) is 19.2 Å². The fourth-order valence-electron chi connectivity index (χ4n) is 3.08. The first kappa shape index (κ1) is 22.5. The Balaban J connectivity index is 1.94. The smallest absolute Gasteiger partial charge is 0.241 e. The van der Waals surface area contributed by atoms with Crippen LogP contribution in [0.4, 0.5) is 0 Å². The lowest BCUT2D eigenvalue weighted by Gasteiger charge is -2.22. The number of hydrogen-bond acceptors (Lipinski definition) is 4. The summed E-state index contributed by atoms with van der Waals surface area (Å²) in [7, 11) is -3.27. The molecule has 3 aromatic rings. The molecule has 8 heteroatoms. The van der Waals surface area contributed by atoms with Crippen molar-refractivity contribution in [1.29, 1.82) is 0 Å². The van der Waals surface area contributed by atoms with E-state index in [1.807, 2.05) is 35.7 Å². The summed E-state index contributed by atoms with van der Waals surface area (Å²) in [6, 6.07) is 13.4. The van der Waals surface area contributed by atoms with Gasteiger partial charge in [-0.2, -0.15) is 0 Å². The highest BCUT2D eigenvalue weighted by molar-refractivity contribution is 14.1. The minimum atomic E-state index is -3.27. The summed E-state index contributed by atoms with van der Waals surface area (Å²) in [6.07, 6.45) is 3.38. The summed E-state index contributed by atoms with van der Waals surface area (Å²) >= 11 is 9.89. The molecule has 29 heavy (non-hydrogen) atoms. The van der Waals surface area contributed by atoms with Crippen molar-refractivity contribution in [3.05, 3.63) is 73.8 Å². The standard InChI is InChI=1S/C21H20ClINO3PS/c1-3-27-28(2,26)20(18-13-29-19-8-7-15(22)12-17(18)19)21(25)24-10-9-14-5-4-6-16(23)11-14/h4-13,20H,3H2,1-2H3,(H,24,25)/b10-9+/i23-4. The van der Waals surface area contributed by atoms with E-state index in [2.05, 4.69) is 27.9 Å². The molecule has 1 aromatic heterocycles. The van der Waals surface area contributed by atoms with Gasteiger partial charge in [-0.3, -0.25) is 9.36 Å². The third kappa shape index (κ3) is 5.50. The number of carbonyl (C=O) groups excluding carboxylic acids is 1. The summed E-state index contributed by atoms with van der Waals surface area (Å²) < 4.78 is 20.9. The molecule has 0 saturated carbocycles. The molecule has 2 aromatic carbocycles. The number of rotatable bonds is 7. The Morgan fingerprint density at radius 3 is 2.86 bits per heavy atom. The molecule has 152 valence electrons. The molecule has 0 spiro atoms. The van der Waals surface area contributed by atoms with Gasteiger partial charge < -0.3 is 9.84 Å². The van der Waals surface area contributed by atoms with E-state index in [1.54, 1.807) is 31.3 Å². The van der Waals surface area contributed by atoms with Crippen molar-refractivity contribution in [2.24, 2.45) is 0 Å². The maximum atomic E-state index is 13.3. The quantitative estimate of drug-likeness (QED) is 0.254. The molecule has 4 nitrogen and oxygen atoms in total. The van der Waals surface area contributed by atoms with Crippen LogP contribution in [0, 0.1) is 3.57 Å². The second-order valence-corrected chi connectivity index (χ2v) is 11.6. The van der Waals surface area contributed by atoms with Gasteiger partial charge in [0.2, 0.25) is 13.3 Å². The lowest BCUT2D eigenvalue weighted by Crippen LogP contribution is -2.25. The molecule has 0 aliphatic carbocycles. The second-order valence-electron chi connectivity index (χ2n) is 6.46. The average Bonchev–Trinajstić information content (AvgIpc) is 3.04. The topological polar surface area (TPSA) is 55.4 Å². The Bertz CT molecular complexity index is 1110. The molecule has 0 bridgehead atoms. The predicted octanol–water partition coefficient (Wildman–Crippen LogP) is 6.93. The monoisotopic (exact) mass is 555 g/mol. The molecular weight excluding hydrogens is 536 g/mol. The average molecular weight is 556 g/mol. The van der Waals surface area contributed by atoms with Crippen molar-refractivity contribution in [2.75, 3.05) is 13.3 Å². The molecule has 2 atom stereocenters. The van der Waals surface area contributed by atoms with Crippen LogP contribution in [-0.2, 0) is 13.9 Å². The molecule has 1 N–H and O–H groups in total. The Morgan fingerprint density at radius 2 is 2.14 bits per heavy atom. The first-order chi connectivity index (χ1) is 13.8. The van der Waals surface area contributed by atoms with Gasteiger partial charge in [0.1, 0.15) is 5.66 Å². The lowest BCUT2D eigenvalue weighted by atomic mass is 10.1. The summed E-state index contributed by atoms with van der Waals surface area (Å²) in [5.41, 5.74) is 0.716. The van der Waals surface area contributed by atoms with Crippen molar-refractivity contribution in [3.63, 3.8) is 0 Å². The minimum absolute atomic E-state index is 0.263. The van der Waals surface area contributed by atoms with E-state index in [4.69, 9.17) is 16.1 Å². The van der Waals surface area contributed by atoms with Crippen LogP contribution < -0.4 is 5.32 Å². The Hall–Kier alpha value is -1.18. The van der Waals surface area contributed by atoms with Gasteiger partial charge in [-0.05, 0) is 87.8 Å². The molecule has 1 heterocycles. The number of nitrogens with one attached hydrogen (secondary N) is 1. The molecule has 0 aliphatic rings. The van der Waals surface area contributed by atoms with Gasteiger partial charge in [0.25, 0.3) is 0 Å². The zero-order valence-corrected chi connectivity index (χ0v) is 20.5. The van der Waals surface area contributed by atoms with Crippen LogP contribution in [0.3, 0.4) is 0 Å². The number of amides is 1. The van der Waals surface area contributed by atoms with Crippen LogP contribution in [0.5, 0.6) is 0 Å². The third-order valence-corrected chi connectivity index (χ3v) is 8.42. The number of thiophene rings is 1. The Morgan fingerprint density at radius 1 is 1.34 bits per heavy atom. The van der Waals surface area contributed by atoms with E-state index >= 15 is 0 Å². The third-order valence-electron chi connectivity index (χ3n) is 4.31. The molecule has 3 rings (SSSR count). The van der Waals surface area contributed by atoms with Gasteiger partial charge in [0, 0.05) is 26.2 Å². The number of carbonyl (C=O) groups is 1. The molecule has 0 radical (unpaired) electrons. The zero-order valence-electron chi connectivity index (χ0n) is 15.9. The van der Waals surface area contributed by atoms with E-state index in [9.17, 15) is 9.36 Å². The molecule has 0 fully saturated rings. The van der Waals surface area contributed by atoms with Gasteiger partial charge in [-0.1, -0.05) is 23.7 Å². The van der Waals surface area contributed by atoms with Gasteiger partial charge >= 0.3 is 0 Å². The normalized spacial score (nSPS) is 14.8. The summed E-state index contributed by atoms with van der Waals surface area (Å²) in [5.74, 6) is -0.370. The number of fused-ring (bicyclic) bond motifs is 1. The minimum Gasteiger partial charge on any atom is -0.332 e. The fraction of sp³-hybridized carbons (Fsp3) is 0.190. The SMILES string of the molecule is CCOP(C)(=O)C(C(=O)N/C=C/c1cccc([123I])c1)c1csc2ccc(Cl)cc12. The van der Waals surface area contributed by atoms with Gasteiger partial charge in [-0.15, -0.1) is 11.3 Å². The number of hydrogen-bond donors (Lipinski definition) is 1. The van der Waals surface area contributed by atoms with E-state index in [1.165, 1.54) is 18.0 Å². The van der Waals surface area contributed by atoms with Gasteiger partial charge in [0.15, 0.2) is 0 Å². The Kier molecular flexibility index (Phi) is 7.57. The van der Waals surface area contributed by atoms with Crippen LogP contribution in [0.2, 0.25) is 5.02 Å². The van der Waals surface area contributed by atoms with E-state index in [0.717, 1.165) is 19.2 Å². The maximum absolute atomic E-state index is 13.3. The largest absolute Gasteiger partial charge is 0.332 e. The number of benzene rings is 2. The lowest BCUT2D eigenvalue weighted by molar-refractivity contribution is -0.120. The highest BCUT2D eigenvalue weighted by Crippen LogP contribution is 2.58. The number of halogens is 2. The van der Waals surface area contributed by atoms with Gasteiger partial charge in [0.05, 0.1) is 6.61 Å². The summed E-state index contributed by atoms with van der Waals surface area (Å²) in [4.78, 5) is 13.1. The molecule has 0 aliphatic heterocycles. The van der Waals surface area contributed by atoms with Crippen LogP contribution in [0.1, 0.15) is 23.7 Å². The molecule has 1 amide bonds. The van der Waals surface area contributed by atoms with Crippen LogP contribution >= 0.6 is 52.9 Å². The highest BCUT2D eigenvalue weighted by Gasteiger charge is 2.38. The highest BCUT2D eigenvalue weighted by atomic mass is 123. The molecular formula is C21H20ClINO3PS. The van der Waals surface area contributed by atoms with Crippen molar-refractivity contribution in [3.8, 4) is 0 Å². The zero-order chi connectivity index (χ0) is 21.0.